The van der Waals surface area contributed by atoms with Crippen LogP contribution in [0.15, 0.2) is 67.3 Å². The number of amides is 2. The molecule has 0 spiro atoms. The first kappa shape index (κ1) is 21.8. The van der Waals surface area contributed by atoms with Crippen molar-refractivity contribution in [3.05, 3.63) is 78.4 Å². The molecule has 1 saturated heterocycles. The summed E-state index contributed by atoms with van der Waals surface area (Å²) in [4.78, 5) is 31.1. The minimum atomic E-state index is -0.417. The molecule has 1 aromatic heterocycles. The molecule has 6 heteroatoms. The third-order valence-electron chi connectivity index (χ3n) is 6.01. The van der Waals surface area contributed by atoms with Crippen molar-refractivity contribution in [2.24, 2.45) is 5.92 Å². The SMILES string of the molecule is CC(C)C(C(=O)NCc1ccccc1-c1ccc(Cn2ccnc2)cc1)N1CCCC1=O. The Bertz CT molecular complexity index is 1060. The molecule has 2 heterocycles. The fraction of sp³-hybridized carbons (Fsp3) is 0.346. The minimum absolute atomic E-state index is 0.0651. The van der Waals surface area contributed by atoms with Gasteiger partial charge in [0, 0.05) is 38.4 Å². The van der Waals surface area contributed by atoms with Crippen LogP contribution in [0.5, 0.6) is 0 Å². The maximum atomic E-state index is 13.0. The molecule has 1 unspecified atom stereocenters. The summed E-state index contributed by atoms with van der Waals surface area (Å²) in [5.41, 5.74) is 4.46. The van der Waals surface area contributed by atoms with Crippen molar-refractivity contribution in [3.63, 3.8) is 0 Å². The van der Waals surface area contributed by atoms with Gasteiger partial charge in [-0.3, -0.25) is 9.59 Å². The number of nitrogens with zero attached hydrogens (tertiary/aromatic N) is 3. The van der Waals surface area contributed by atoms with Crippen molar-refractivity contribution in [3.8, 4) is 11.1 Å². The smallest absolute Gasteiger partial charge is 0.243 e. The van der Waals surface area contributed by atoms with Gasteiger partial charge in [0.05, 0.1) is 6.33 Å². The van der Waals surface area contributed by atoms with Gasteiger partial charge in [-0.15, -0.1) is 0 Å². The van der Waals surface area contributed by atoms with Crippen LogP contribution in [0.2, 0.25) is 0 Å². The number of hydrogen-bond acceptors (Lipinski definition) is 3. The van der Waals surface area contributed by atoms with Crippen molar-refractivity contribution >= 4 is 11.8 Å². The Hall–Kier alpha value is -3.41. The first-order valence-corrected chi connectivity index (χ1v) is 11.2. The Morgan fingerprint density at radius 2 is 1.91 bits per heavy atom. The third kappa shape index (κ3) is 4.90. The highest BCUT2D eigenvalue weighted by atomic mass is 16.2. The summed E-state index contributed by atoms with van der Waals surface area (Å²) in [5, 5.41) is 3.09. The van der Waals surface area contributed by atoms with Crippen LogP contribution in [0, 0.1) is 5.92 Å². The lowest BCUT2D eigenvalue weighted by Gasteiger charge is -2.30. The Kier molecular flexibility index (Phi) is 6.69. The van der Waals surface area contributed by atoms with Gasteiger partial charge in [-0.1, -0.05) is 62.4 Å². The van der Waals surface area contributed by atoms with E-state index in [1.54, 1.807) is 11.1 Å². The van der Waals surface area contributed by atoms with Gasteiger partial charge in [-0.25, -0.2) is 4.98 Å². The van der Waals surface area contributed by atoms with Crippen molar-refractivity contribution in [2.45, 2.75) is 45.8 Å². The summed E-state index contributed by atoms with van der Waals surface area (Å²) in [6.07, 6.45) is 6.91. The zero-order valence-corrected chi connectivity index (χ0v) is 18.7. The Balaban J connectivity index is 1.46. The van der Waals surface area contributed by atoms with Crippen LogP contribution in [0.1, 0.15) is 37.8 Å². The van der Waals surface area contributed by atoms with Gasteiger partial charge in [-0.2, -0.15) is 0 Å². The molecule has 0 aliphatic carbocycles. The summed E-state index contributed by atoms with van der Waals surface area (Å²) >= 11 is 0. The van der Waals surface area contributed by atoms with Crippen LogP contribution in [0.3, 0.4) is 0 Å². The predicted octanol–water partition coefficient (Wildman–Crippen LogP) is 3.86. The number of likely N-dealkylation sites (tertiary alicyclic amines) is 1. The van der Waals surface area contributed by atoms with Gasteiger partial charge < -0.3 is 14.8 Å². The van der Waals surface area contributed by atoms with E-state index < -0.39 is 6.04 Å². The van der Waals surface area contributed by atoms with E-state index in [2.05, 4.69) is 40.6 Å². The van der Waals surface area contributed by atoms with Crippen molar-refractivity contribution < 1.29 is 9.59 Å². The molecule has 1 fully saturated rings. The van der Waals surface area contributed by atoms with Crippen molar-refractivity contribution in [1.29, 1.82) is 0 Å². The number of nitrogens with one attached hydrogen (secondary N) is 1. The molecular weight excluding hydrogens is 400 g/mol. The molecule has 6 nitrogen and oxygen atoms in total. The minimum Gasteiger partial charge on any atom is -0.350 e. The molecule has 0 radical (unpaired) electrons. The molecule has 4 rings (SSSR count). The number of carbonyl (C=O) groups is 2. The van der Waals surface area contributed by atoms with Gasteiger partial charge in [0.1, 0.15) is 6.04 Å². The van der Waals surface area contributed by atoms with Crippen LogP contribution in [-0.4, -0.2) is 38.9 Å². The number of rotatable bonds is 8. The van der Waals surface area contributed by atoms with E-state index in [9.17, 15) is 9.59 Å². The summed E-state index contributed by atoms with van der Waals surface area (Å²) in [6, 6.07) is 16.2. The third-order valence-corrected chi connectivity index (χ3v) is 6.01. The summed E-state index contributed by atoms with van der Waals surface area (Å²) in [6.45, 7) is 5.86. The quantitative estimate of drug-likeness (QED) is 0.590. The number of imidazole rings is 1. The van der Waals surface area contributed by atoms with Crippen LogP contribution in [-0.2, 0) is 22.7 Å². The fourth-order valence-corrected chi connectivity index (χ4v) is 4.39. The molecule has 1 N–H and O–H groups in total. The average molecular weight is 431 g/mol. The number of benzene rings is 2. The second-order valence-corrected chi connectivity index (χ2v) is 8.69. The van der Waals surface area contributed by atoms with Crippen LogP contribution >= 0.6 is 0 Å². The average Bonchev–Trinajstić information content (AvgIpc) is 3.45. The zero-order chi connectivity index (χ0) is 22.5. The lowest BCUT2D eigenvalue weighted by atomic mass is 9.98. The molecular formula is C26H30N4O2. The lowest BCUT2D eigenvalue weighted by molar-refractivity contribution is -0.139. The first-order valence-electron chi connectivity index (χ1n) is 11.2. The molecule has 3 aromatic rings. The van der Waals surface area contributed by atoms with Gasteiger partial charge >= 0.3 is 0 Å². The lowest BCUT2D eigenvalue weighted by Crippen LogP contribution is -2.50. The highest BCUT2D eigenvalue weighted by molar-refractivity contribution is 5.89. The van der Waals surface area contributed by atoms with E-state index in [1.165, 1.54) is 5.56 Å². The Morgan fingerprint density at radius 1 is 1.12 bits per heavy atom. The van der Waals surface area contributed by atoms with E-state index in [1.807, 2.05) is 49.1 Å². The van der Waals surface area contributed by atoms with Gasteiger partial charge in [0.2, 0.25) is 11.8 Å². The van der Waals surface area contributed by atoms with E-state index in [4.69, 9.17) is 0 Å². The largest absolute Gasteiger partial charge is 0.350 e. The normalized spacial score (nSPS) is 14.7. The topological polar surface area (TPSA) is 67.2 Å². The van der Waals surface area contributed by atoms with E-state index in [-0.39, 0.29) is 17.7 Å². The molecule has 0 saturated carbocycles. The molecule has 166 valence electrons. The predicted molar refractivity (Wildman–Crippen MR) is 125 cm³/mol. The number of carbonyl (C=O) groups excluding carboxylic acids is 2. The van der Waals surface area contributed by atoms with Crippen LogP contribution in [0.4, 0.5) is 0 Å². The maximum absolute atomic E-state index is 13.0. The van der Waals surface area contributed by atoms with E-state index in [0.29, 0.717) is 19.5 Å². The maximum Gasteiger partial charge on any atom is 0.243 e. The highest BCUT2D eigenvalue weighted by Gasteiger charge is 2.34. The fourth-order valence-electron chi connectivity index (χ4n) is 4.39. The van der Waals surface area contributed by atoms with Crippen molar-refractivity contribution in [2.75, 3.05) is 6.54 Å². The van der Waals surface area contributed by atoms with Gasteiger partial charge in [0.25, 0.3) is 0 Å². The summed E-state index contributed by atoms with van der Waals surface area (Å²) in [5.74, 6) is 0.0612. The molecule has 1 aliphatic rings. The molecule has 1 atom stereocenters. The van der Waals surface area contributed by atoms with Crippen LogP contribution in [0.25, 0.3) is 11.1 Å². The van der Waals surface area contributed by atoms with E-state index >= 15 is 0 Å². The van der Waals surface area contributed by atoms with Gasteiger partial charge in [-0.05, 0) is 34.6 Å². The molecule has 0 bridgehead atoms. The second-order valence-electron chi connectivity index (χ2n) is 8.69. The Labute approximate surface area is 189 Å². The Morgan fingerprint density at radius 3 is 2.56 bits per heavy atom. The highest BCUT2D eigenvalue weighted by Crippen LogP contribution is 2.25. The number of aromatic nitrogens is 2. The summed E-state index contributed by atoms with van der Waals surface area (Å²) in [7, 11) is 0. The first-order chi connectivity index (χ1) is 15.5. The standard InChI is InChI=1S/C26H30N4O2/c1-19(2)25(30-14-5-8-24(30)31)26(32)28-16-22-6-3-4-7-23(22)21-11-9-20(10-12-21)17-29-15-13-27-18-29/h3-4,6-7,9-13,15,18-19,25H,5,8,14,16-17H2,1-2H3,(H,28,32). The number of hydrogen-bond donors (Lipinski definition) is 1. The molecule has 32 heavy (non-hydrogen) atoms. The van der Waals surface area contributed by atoms with Gasteiger partial charge in [0.15, 0.2) is 0 Å². The van der Waals surface area contributed by atoms with Crippen molar-refractivity contribution in [1.82, 2.24) is 19.8 Å². The molecule has 1 aliphatic heterocycles. The zero-order valence-electron chi connectivity index (χ0n) is 18.7. The summed E-state index contributed by atoms with van der Waals surface area (Å²) < 4.78 is 2.04. The van der Waals surface area contributed by atoms with E-state index in [0.717, 1.165) is 29.7 Å². The van der Waals surface area contributed by atoms with Crippen LogP contribution < -0.4 is 5.32 Å². The second kappa shape index (κ2) is 9.81. The monoisotopic (exact) mass is 430 g/mol. The molecule has 2 amide bonds. The molecule has 2 aromatic carbocycles.